The second kappa shape index (κ2) is 5.08. The number of aliphatic imine (C=N–C) groups is 1. The predicted molar refractivity (Wildman–Crippen MR) is 71.8 cm³/mol. The molecule has 0 saturated carbocycles. The Balaban J connectivity index is 2.29. The van der Waals surface area contributed by atoms with Crippen molar-refractivity contribution in [3.05, 3.63) is 28.2 Å². The van der Waals surface area contributed by atoms with Crippen molar-refractivity contribution >= 4 is 21.8 Å². The Morgan fingerprint density at radius 2 is 2.18 bits per heavy atom. The molecule has 1 atom stereocenters. The van der Waals surface area contributed by atoms with Crippen LogP contribution in [0.4, 0.5) is 0 Å². The van der Waals surface area contributed by atoms with Crippen LogP contribution < -0.4 is 4.74 Å². The fraction of sp³-hybridized carbons (Fsp3) is 0.462. The van der Waals surface area contributed by atoms with Crippen LogP contribution in [0.15, 0.2) is 27.7 Å². The van der Waals surface area contributed by atoms with Gasteiger partial charge in [-0.05, 0) is 24.1 Å². The smallest absolute Gasteiger partial charge is 0.216 e. The molecule has 92 valence electrons. The van der Waals surface area contributed by atoms with Crippen LogP contribution in [0.5, 0.6) is 5.75 Å². The fourth-order valence-electron chi connectivity index (χ4n) is 1.69. The molecule has 1 heterocycles. The second-order valence-electron chi connectivity index (χ2n) is 4.44. The van der Waals surface area contributed by atoms with Gasteiger partial charge in [0.1, 0.15) is 12.4 Å². The Kier molecular flexibility index (Phi) is 3.72. The first-order valence-electron chi connectivity index (χ1n) is 5.65. The molecule has 2 rings (SSSR count). The van der Waals surface area contributed by atoms with Gasteiger partial charge in [0.2, 0.25) is 5.90 Å². The van der Waals surface area contributed by atoms with E-state index < -0.39 is 0 Å². The van der Waals surface area contributed by atoms with Gasteiger partial charge in [-0.3, -0.25) is 0 Å². The topological polar surface area (TPSA) is 30.8 Å². The van der Waals surface area contributed by atoms with E-state index in [4.69, 9.17) is 9.47 Å². The van der Waals surface area contributed by atoms with Crippen LogP contribution in [-0.2, 0) is 4.74 Å². The van der Waals surface area contributed by atoms with Crippen LogP contribution in [0.3, 0.4) is 0 Å². The monoisotopic (exact) mass is 297 g/mol. The van der Waals surface area contributed by atoms with Crippen LogP contribution >= 0.6 is 15.9 Å². The molecule has 0 fully saturated rings. The Hall–Kier alpha value is -1.03. The van der Waals surface area contributed by atoms with Gasteiger partial charge >= 0.3 is 0 Å². The molecule has 1 unspecified atom stereocenters. The van der Waals surface area contributed by atoms with Crippen LogP contribution in [0.2, 0.25) is 0 Å². The first-order chi connectivity index (χ1) is 8.10. The molecule has 1 aromatic rings. The molecule has 0 bridgehead atoms. The van der Waals surface area contributed by atoms with Crippen molar-refractivity contribution in [2.45, 2.75) is 19.9 Å². The molecular weight excluding hydrogens is 282 g/mol. The SMILES string of the molecule is COc1cc(Br)cc(C2=NC(C(C)C)CO2)c1. The molecular formula is C13H16BrNO2. The number of methoxy groups -OCH3 is 1. The molecule has 0 radical (unpaired) electrons. The number of hydrogen-bond acceptors (Lipinski definition) is 3. The van der Waals surface area contributed by atoms with E-state index in [0.29, 0.717) is 18.4 Å². The summed E-state index contributed by atoms with van der Waals surface area (Å²) in [6.07, 6.45) is 0. The van der Waals surface area contributed by atoms with Crippen molar-refractivity contribution in [1.82, 2.24) is 0 Å². The Bertz CT molecular complexity index is 443. The molecule has 4 heteroatoms. The zero-order chi connectivity index (χ0) is 12.4. The summed E-state index contributed by atoms with van der Waals surface area (Å²) in [7, 11) is 1.65. The van der Waals surface area contributed by atoms with Crippen molar-refractivity contribution in [3.63, 3.8) is 0 Å². The number of rotatable bonds is 3. The van der Waals surface area contributed by atoms with E-state index in [9.17, 15) is 0 Å². The number of halogens is 1. The molecule has 1 aromatic carbocycles. The van der Waals surface area contributed by atoms with E-state index in [2.05, 4.69) is 34.8 Å². The highest BCUT2D eigenvalue weighted by atomic mass is 79.9. The normalized spacial score (nSPS) is 19.1. The number of benzene rings is 1. The zero-order valence-electron chi connectivity index (χ0n) is 10.2. The minimum atomic E-state index is 0.259. The maximum Gasteiger partial charge on any atom is 0.216 e. The largest absolute Gasteiger partial charge is 0.497 e. The Labute approximate surface area is 110 Å². The van der Waals surface area contributed by atoms with Crippen LogP contribution in [-0.4, -0.2) is 25.7 Å². The first kappa shape index (κ1) is 12.4. The van der Waals surface area contributed by atoms with E-state index in [-0.39, 0.29) is 6.04 Å². The van der Waals surface area contributed by atoms with Crippen molar-refractivity contribution in [2.24, 2.45) is 10.9 Å². The summed E-state index contributed by atoms with van der Waals surface area (Å²) in [6, 6.07) is 6.10. The van der Waals surface area contributed by atoms with Crippen molar-refractivity contribution < 1.29 is 9.47 Å². The molecule has 0 N–H and O–H groups in total. The summed E-state index contributed by atoms with van der Waals surface area (Å²) in [6.45, 7) is 4.98. The minimum absolute atomic E-state index is 0.259. The third-order valence-electron chi connectivity index (χ3n) is 2.80. The van der Waals surface area contributed by atoms with Gasteiger partial charge in [-0.2, -0.15) is 0 Å². The van der Waals surface area contributed by atoms with Gasteiger partial charge < -0.3 is 9.47 Å². The molecule has 0 amide bonds. The van der Waals surface area contributed by atoms with E-state index in [1.165, 1.54) is 0 Å². The van der Waals surface area contributed by atoms with Crippen molar-refractivity contribution in [2.75, 3.05) is 13.7 Å². The molecule has 0 aliphatic carbocycles. The quantitative estimate of drug-likeness (QED) is 0.857. The molecule has 0 aromatic heterocycles. The molecule has 17 heavy (non-hydrogen) atoms. The van der Waals surface area contributed by atoms with Gasteiger partial charge in [-0.15, -0.1) is 0 Å². The molecule has 3 nitrogen and oxygen atoms in total. The molecule has 0 saturated heterocycles. The highest BCUT2D eigenvalue weighted by molar-refractivity contribution is 9.10. The van der Waals surface area contributed by atoms with E-state index in [1.54, 1.807) is 7.11 Å². The highest BCUT2D eigenvalue weighted by Gasteiger charge is 2.23. The minimum Gasteiger partial charge on any atom is -0.497 e. The van der Waals surface area contributed by atoms with E-state index in [0.717, 1.165) is 15.8 Å². The van der Waals surface area contributed by atoms with Gasteiger partial charge in [-0.25, -0.2) is 4.99 Å². The third-order valence-corrected chi connectivity index (χ3v) is 3.26. The Morgan fingerprint density at radius 1 is 1.41 bits per heavy atom. The second-order valence-corrected chi connectivity index (χ2v) is 5.35. The maximum absolute atomic E-state index is 5.64. The average Bonchev–Trinajstić information content (AvgIpc) is 2.77. The van der Waals surface area contributed by atoms with Gasteiger partial charge in [-0.1, -0.05) is 29.8 Å². The van der Waals surface area contributed by atoms with Crippen LogP contribution in [0, 0.1) is 5.92 Å². The van der Waals surface area contributed by atoms with Crippen molar-refractivity contribution in [3.8, 4) is 5.75 Å². The van der Waals surface area contributed by atoms with Crippen LogP contribution in [0.25, 0.3) is 0 Å². The lowest BCUT2D eigenvalue weighted by atomic mass is 10.1. The lowest BCUT2D eigenvalue weighted by molar-refractivity contribution is 0.291. The zero-order valence-corrected chi connectivity index (χ0v) is 11.8. The molecule has 1 aliphatic heterocycles. The summed E-state index contributed by atoms with van der Waals surface area (Å²) < 4.78 is 11.8. The summed E-state index contributed by atoms with van der Waals surface area (Å²) >= 11 is 3.45. The summed E-state index contributed by atoms with van der Waals surface area (Å²) in [5, 5.41) is 0. The number of hydrogen-bond donors (Lipinski definition) is 0. The third kappa shape index (κ3) is 2.80. The first-order valence-corrected chi connectivity index (χ1v) is 6.45. The van der Waals surface area contributed by atoms with E-state index in [1.807, 2.05) is 18.2 Å². The number of nitrogens with zero attached hydrogens (tertiary/aromatic N) is 1. The summed E-state index contributed by atoms with van der Waals surface area (Å²) in [5.41, 5.74) is 0.958. The molecule has 1 aliphatic rings. The van der Waals surface area contributed by atoms with Gasteiger partial charge in [0.05, 0.1) is 13.2 Å². The van der Waals surface area contributed by atoms with Crippen LogP contribution in [0.1, 0.15) is 19.4 Å². The standard InChI is InChI=1S/C13H16BrNO2/c1-8(2)12-7-17-13(15-12)9-4-10(14)6-11(5-9)16-3/h4-6,8,12H,7H2,1-3H3. The van der Waals surface area contributed by atoms with Gasteiger partial charge in [0, 0.05) is 10.0 Å². The van der Waals surface area contributed by atoms with Gasteiger partial charge in [0.15, 0.2) is 0 Å². The predicted octanol–water partition coefficient (Wildman–Crippen LogP) is 3.26. The summed E-state index contributed by atoms with van der Waals surface area (Å²) in [5.74, 6) is 2.01. The van der Waals surface area contributed by atoms with E-state index >= 15 is 0 Å². The summed E-state index contributed by atoms with van der Waals surface area (Å²) in [4.78, 5) is 4.59. The van der Waals surface area contributed by atoms with Gasteiger partial charge in [0.25, 0.3) is 0 Å². The lowest BCUT2D eigenvalue weighted by Crippen LogP contribution is -2.13. The lowest BCUT2D eigenvalue weighted by Gasteiger charge is -2.06. The fourth-order valence-corrected chi connectivity index (χ4v) is 2.17. The Morgan fingerprint density at radius 3 is 2.76 bits per heavy atom. The number of ether oxygens (including phenoxy) is 2. The molecule has 0 spiro atoms. The van der Waals surface area contributed by atoms with Crippen molar-refractivity contribution in [1.29, 1.82) is 0 Å². The maximum atomic E-state index is 5.64. The highest BCUT2D eigenvalue weighted by Crippen LogP contribution is 2.24. The average molecular weight is 298 g/mol.